The van der Waals surface area contributed by atoms with E-state index in [1.807, 2.05) is 0 Å². The number of carbonyl (C=O) groups excluding carboxylic acids is 1. The molecule has 0 rings (SSSR count). The third-order valence-electron chi connectivity index (χ3n) is 1.75. The highest BCUT2D eigenvalue weighted by Gasteiger charge is 2.21. The minimum absolute atomic E-state index is 0.124. The number of ether oxygens (including phenoxy) is 1. The summed E-state index contributed by atoms with van der Waals surface area (Å²) in [5, 5.41) is 17.9. The summed E-state index contributed by atoms with van der Waals surface area (Å²) in [6, 6.07) is 0. The molecule has 0 aromatic heterocycles. The van der Waals surface area contributed by atoms with Gasteiger partial charge in [-0.05, 0) is 26.7 Å². The Morgan fingerprint density at radius 1 is 1.43 bits per heavy atom. The molecule has 0 aromatic rings. The van der Waals surface area contributed by atoms with Crippen LogP contribution in [0.1, 0.15) is 34.1 Å². The van der Waals surface area contributed by atoms with Gasteiger partial charge in [0.1, 0.15) is 5.60 Å². The lowest BCUT2D eigenvalue weighted by molar-refractivity contribution is -0.157. The quantitative estimate of drug-likeness (QED) is 0.662. The van der Waals surface area contributed by atoms with Crippen LogP contribution in [0.5, 0.6) is 0 Å². The van der Waals surface area contributed by atoms with Crippen LogP contribution in [0.15, 0.2) is 0 Å². The average Bonchev–Trinajstić information content (AvgIpc) is 1.99. The summed E-state index contributed by atoms with van der Waals surface area (Å²) in [4.78, 5) is 11.3. The maximum atomic E-state index is 11.3. The summed E-state index contributed by atoms with van der Waals surface area (Å²) in [5.41, 5.74) is -0.499. The molecular formula is C10H20O4. The van der Waals surface area contributed by atoms with Gasteiger partial charge in [-0.1, -0.05) is 6.92 Å². The van der Waals surface area contributed by atoms with Crippen molar-refractivity contribution >= 4 is 5.97 Å². The van der Waals surface area contributed by atoms with Gasteiger partial charge in [0.15, 0.2) is 0 Å². The highest BCUT2D eigenvalue weighted by Crippen LogP contribution is 2.13. The molecule has 4 nitrogen and oxygen atoms in total. The lowest BCUT2D eigenvalue weighted by Gasteiger charge is -2.22. The van der Waals surface area contributed by atoms with Gasteiger partial charge >= 0.3 is 5.97 Å². The van der Waals surface area contributed by atoms with Crippen LogP contribution in [-0.2, 0) is 9.53 Å². The Kier molecular flexibility index (Phi) is 5.08. The monoisotopic (exact) mass is 204 g/mol. The predicted molar refractivity (Wildman–Crippen MR) is 52.7 cm³/mol. The van der Waals surface area contributed by atoms with E-state index in [9.17, 15) is 9.90 Å². The van der Waals surface area contributed by atoms with Crippen molar-refractivity contribution in [2.75, 3.05) is 6.61 Å². The SMILES string of the molecule is CC(CC(=O)OC(C)(C)C)C(O)CO. The van der Waals surface area contributed by atoms with Gasteiger partial charge in [0, 0.05) is 0 Å². The molecule has 0 spiro atoms. The molecule has 0 heterocycles. The van der Waals surface area contributed by atoms with Crippen molar-refractivity contribution in [2.24, 2.45) is 5.92 Å². The van der Waals surface area contributed by atoms with E-state index in [4.69, 9.17) is 9.84 Å². The lowest BCUT2D eigenvalue weighted by atomic mass is 10.0. The molecule has 0 aliphatic carbocycles. The van der Waals surface area contributed by atoms with E-state index in [0.717, 1.165) is 0 Å². The van der Waals surface area contributed by atoms with Gasteiger partial charge in [-0.15, -0.1) is 0 Å². The second kappa shape index (κ2) is 5.32. The molecule has 14 heavy (non-hydrogen) atoms. The molecule has 0 saturated carbocycles. The number of rotatable bonds is 4. The van der Waals surface area contributed by atoms with Crippen molar-refractivity contribution in [3.63, 3.8) is 0 Å². The minimum atomic E-state index is -0.859. The number of hydrogen-bond acceptors (Lipinski definition) is 4. The van der Waals surface area contributed by atoms with Crippen LogP contribution < -0.4 is 0 Å². The van der Waals surface area contributed by atoms with Crippen LogP contribution in [0.4, 0.5) is 0 Å². The average molecular weight is 204 g/mol. The zero-order chi connectivity index (χ0) is 11.4. The van der Waals surface area contributed by atoms with Crippen LogP contribution >= 0.6 is 0 Å². The highest BCUT2D eigenvalue weighted by molar-refractivity contribution is 5.70. The Hall–Kier alpha value is -0.610. The van der Waals surface area contributed by atoms with Gasteiger partial charge in [-0.3, -0.25) is 4.79 Å². The third-order valence-corrected chi connectivity index (χ3v) is 1.75. The normalized spacial score (nSPS) is 16.1. The first kappa shape index (κ1) is 13.4. The smallest absolute Gasteiger partial charge is 0.306 e. The Balaban J connectivity index is 3.95. The summed E-state index contributed by atoms with van der Waals surface area (Å²) >= 11 is 0. The van der Waals surface area contributed by atoms with Crippen LogP contribution in [0, 0.1) is 5.92 Å². The first-order chi connectivity index (χ1) is 6.26. The summed E-state index contributed by atoms with van der Waals surface area (Å²) < 4.78 is 5.07. The zero-order valence-electron chi connectivity index (χ0n) is 9.28. The van der Waals surface area contributed by atoms with Crippen molar-refractivity contribution in [2.45, 2.75) is 45.8 Å². The van der Waals surface area contributed by atoms with Crippen LogP contribution in [0.25, 0.3) is 0 Å². The standard InChI is InChI=1S/C10H20O4/c1-7(8(12)6-11)5-9(13)14-10(2,3)4/h7-8,11-12H,5-6H2,1-4H3. The van der Waals surface area contributed by atoms with E-state index in [1.165, 1.54) is 0 Å². The molecule has 0 aliphatic rings. The van der Waals surface area contributed by atoms with Crippen LogP contribution in [-0.4, -0.2) is 34.5 Å². The van der Waals surface area contributed by atoms with Crippen molar-refractivity contribution in [1.82, 2.24) is 0 Å². The summed E-state index contributed by atoms with van der Waals surface area (Å²) in [7, 11) is 0. The number of hydrogen-bond donors (Lipinski definition) is 2. The first-order valence-electron chi connectivity index (χ1n) is 4.77. The molecule has 0 bridgehead atoms. The summed E-state index contributed by atoms with van der Waals surface area (Å²) in [6.45, 7) is 6.74. The van der Waals surface area contributed by atoms with E-state index < -0.39 is 11.7 Å². The summed E-state index contributed by atoms with van der Waals surface area (Å²) in [5.74, 6) is -0.632. The maximum Gasteiger partial charge on any atom is 0.306 e. The molecule has 0 radical (unpaired) electrons. The lowest BCUT2D eigenvalue weighted by Crippen LogP contribution is -2.29. The highest BCUT2D eigenvalue weighted by atomic mass is 16.6. The fourth-order valence-corrected chi connectivity index (χ4v) is 0.962. The first-order valence-corrected chi connectivity index (χ1v) is 4.77. The van der Waals surface area contributed by atoms with E-state index in [1.54, 1.807) is 27.7 Å². The van der Waals surface area contributed by atoms with Crippen LogP contribution in [0.3, 0.4) is 0 Å². The molecule has 0 aliphatic heterocycles. The predicted octanol–water partition coefficient (Wildman–Crippen LogP) is 0.708. The second-order valence-electron chi connectivity index (χ2n) is 4.52. The zero-order valence-corrected chi connectivity index (χ0v) is 9.28. The third kappa shape index (κ3) is 5.94. The second-order valence-corrected chi connectivity index (χ2v) is 4.52. The summed E-state index contributed by atoms with van der Waals surface area (Å²) in [6.07, 6.45) is -0.735. The number of aliphatic hydroxyl groups excluding tert-OH is 2. The van der Waals surface area contributed by atoms with E-state index in [0.29, 0.717) is 0 Å². The molecule has 2 atom stereocenters. The molecule has 0 fully saturated rings. The van der Waals surface area contributed by atoms with E-state index >= 15 is 0 Å². The fraction of sp³-hybridized carbons (Fsp3) is 0.900. The Labute approximate surface area is 84.9 Å². The molecule has 0 aromatic carbocycles. The Bertz CT molecular complexity index is 183. The van der Waals surface area contributed by atoms with Crippen molar-refractivity contribution in [3.8, 4) is 0 Å². The van der Waals surface area contributed by atoms with Gasteiger partial charge in [0.25, 0.3) is 0 Å². The molecule has 4 heteroatoms. The molecule has 0 amide bonds. The van der Waals surface area contributed by atoms with Gasteiger partial charge < -0.3 is 14.9 Å². The van der Waals surface area contributed by atoms with Crippen molar-refractivity contribution in [1.29, 1.82) is 0 Å². The maximum absolute atomic E-state index is 11.3. The number of aliphatic hydroxyl groups is 2. The largest absolute Gasteiger partial charge is 0.460 e. The molecular weight excluding hydrogens is 184 g/mol. The fourth-order valence-electron chi connectivity index (χ4n) is 0.962. The molecule has 2 N–H and O–H groups in total. The van der Waals surface area contributed by atoms with Crippen molar-refractivity contribution < 1.29 is 19.7 Å². The van der Waals surface area contributed by atoms with Crippen LogP contribution in [0.2, 0.25) is 0 Å². The minimum Gasteiger partial charge on any atom is -0.460 e. The number of esters is 1. The molecule has 0 saturated heterocycles. The Morgan fingerprint density at radius 3 is 2.29 bits per heavy atom. The molecule has 2 unspecified atom stereocenters. The van der Waals surface area contributed by atoms with E-state index in [2.05, 4.69) is 0 Å². The van der Waals surface area contributed by atoms with Gasteiger partial charge in [-0.2, -0.15) is 0 Å². The Morgan fingerprint density at radius 2 is 1.93 bits per heavy atom. The van der Waals surface area contributed by atoms with E-state index in [-0.39, 0.29) is 24.9 Å². The topological polar surface area (TPSA) is 66.8 Å². The number of carbonyl (C=O) groups is 1. The van der Waals surface area contributed by atoms with Gasteiger partial charge in [-0.25, -0.2) is 0 Å². The van der Waals surface area contributed by atoms with Gasteiger partial charge in [0.05, 0.1) is 19.1 Å². The molecule has 84 valence electrons. The van der Waals surface area contributed by atoms with Gasteiger partial charge in [0.2, 0.25) is 0 Å². The van der Waals surface area contributed by atoms with Crippen molar-refractivity contribution in [3.05, 3.63) is 0 Å².